The number of hydrogen-bond donors (Lipinski definition) is 2. The zero-order chi connectivity index (χ0) is 24.5. The van der Waals surface area contributed by atoms with Crippen molar-refractivity contribution in [3.8, 4) is 11.8 Å². The summed E-state index contributed by atoms with van der Waals surface area (Å²) in [5.41, 5.74) is 2.59. The smallest absolute Gasteiger partial charge is 0.336 e. The number of aromatic carboxylic acids is 1. The Kier molecular flexibility index (Phi) is 6.13. The zero-order valence-corrected chi connectivity index (χ0v) is 19.7. The second kappa shape index (κ2) is 9.38. The first-order valence-electron chi connectivity index (χ1n) is 11.3. The van der Waals surface area contributed by atoms with E-state index in [2.05, 4.69) is 19.9 Å². The standard InChI is InChI=1S/C26H23ClN4O4/c1-15-7-8-18(13-19(15)25(33)34)35-26-28-21-14-20(27)24(29-23(21)30-26)31-11-9-17(10-12-31)22(32)16-5-3-2-4-6-16/h2-8,13-14,17H,9-12H2,1H3,(H,33,34)(H,28,29,30). The Morgan fingerprint density at radius 2 is 1.83 bits per heavy atom. The minimum absolute atomic E-state index is 0.0215. The number of H-pyrrole nitrogens is 1. The third kappa shape index (κ3) is 4.70. The zero-order valence-electron chi connectivity index (χ0n) is 19.0. The molecule has 35 heavy (non-hydrogen) atoms. The van der Waals surface area contributed by atoms with Crippen molar-refractivity contribution in [2.24, 2.45) is 5.92 Å². The van der Waals surface area contributed by atoms with E-state index in [0.717, 1.165) is 18.4 Å². The van der Waals surface area contributed by atoms with E-state index < -0.39 is 5.97 Å². The lowest BCUT2D eigenvalue weighted by Gasteiger charge is -2.32. The van der Waals surface area contributed by atoms with Crippen LogP contribution in [0.4, 0.5) is 5.82 Å². The van der Waals surface area contributed by atoms with Crippen LogP contribution in [0.1, 0.15) is 39.1 Å². The first-order chi connectivity index (χ1) is 16.9. The van der Waals surface area contributed by atoms with E-state index in [1.165, 1.54) is 6.07 Å². The molecule has 0 radical (unpaired) electrons. The number of halogens is 1. The van der Waals surface area contributed by atoms with Crippen LogP contribution in [-0.2, 0) is 0 Å². The molecule has 0 atom stereocenters. The maximum Gasteiger partial charge on any atom is 0.336 e. The molecule has 1 aliphatic heterocycles. The molecule has 8 nitrogen and oxygen atoms in total. The molecule has 1 saturated heterocycles. The van der Waals surface area contributed by atoms with Crippen LogP contribution >= 0.6 is 11.6 Å². The number of pyridine rings is 1. The van der Waals surface area contributed by atoms with Gasteiger partial charge in [-0.25, -0.2) is 9.78 Å². The molecule has 3 heterocycles. The predicted octanol–water partition coefficient (Wildman–Crippen LogP) is 5.51. The Morgan fingerprint density at radius 3 is 2.54 bits per heavy atom. The van der Waals surface area contributed by atoms with Crippen molar-refractivity contribution in [3.63, 3.8) is 0 Å². The molecule has 0 spiro atoms. The highest BCUT2D eigenvalue weighted by atomic mass is 35.5. The summed E-state index contributed by atoms with van der Waals surface area (Å²) in [6.45, 7) is 3.05. The van der Waals surface area contributed by atoms with Crippen molar-refractivity contribution in [1.29, 1.82) is 0 Å². The fourth-order valence-corrected chi connectivity index (χ4v) is 4.63. The average molecular weight is 491 g/mol. The molecule has 0 saturated carbocycles. The van der Waals surface area contributed by atoms with Crippen molar-refractivity contribution in [1.82, 2.24) is 15.0 Å². The van der Waals surface area contributed by atoms with E-state index in [0.29, 0.717) is 46.4 Å². The minimum atomic E-state index is -1.02. The maximum absolute atomic E-state index is 12.8. The van der Waals surface area contributed by atoms with Crippen molar-refractivity contribution >= 4 is 40.3 Å². The Hall–Kier alpha value is -3.91. The van der Waals surface area contributed by atoms with Crippen LogP contribution in [0.15, 0.2) is 54.6 Å². The third-order valence-electron chi connectivity index (χ3n) is 6.26. The second-order valence-electron chi connectivity index (χ2n) is 8.58. The monoisotopic (exact) mass is 490 g/mol. The van der Waals surface area contributed by atoms with Crippen LogP contribution < -0.4 is 9.64 Å². The molecule has 2 N–H and O–H groups in total. The highest BCUT2D eigenvalue weighted by molar-refractivity contribution is 6.33. The number of hydrogen-bond acceptors (Lipinski definition) is 6. The number of fused-ring (bicyclic) bond motifs is 1. The molecule has 0 bridgehead atoms. The number of rotatable bonds is 6. The van der Waals surface area contributed by atoms with Gasteiger partial charge in [-0.2, -0.15) is 4.98 Å². The molecule has 1 aliphatic rings. The van der Waals surface area contributed by atoms with Gasteiger partial charge in [-0.05, 0) is 43.5 Å². The van der Waals surface area contributed by atoms with Crippen LogP contribution in [0.25, 0.3) is 11.2 Å². The molecule has 9 heteroatoms. The van der Waals surface area contributed by atoms with Gasteiger partial charge in [0.25, 0.3) is 0 Å². The van der Waals surface area contributed by atoms with E-state index in [-0.39, 0.29) is 23.3 Å². The number of aromatic amines is 1. The summed E-state index contributed by atoms with van der Waals surface area (Å²) < 4.78 is 5.75. The molecule has 0 unspecified atom stereocenters. The Bertz CT molecular complexity index is 1410. The fraction of sp³-hybridized carbons (Fsp3) is 0.231. The van der Waals surface area contributed by atoms with Gasteiger partial charge in [-0.15, -0.1) is 0 Å². The second-order valence-corrected chi connectivity index (χ2v) is 8.99. The number of anilines is 1. The van der Waals surface area contributed by atoms with E-state index in [1.54, 1.807) is 25.1 Å². The number of benzene rings is 2. The topological polar surface area (TPSA) is 108 Å². The number of carboxylic acid groups (broad SMARTS) is 1. The van der Waals surface area contributed by atoms with Crippen molar-refractivity contribution in [2.45, 2.75) is 19.8 Å². The molecule has 5 rings (SSSR count). The van der Waals surface area contributed by atoms with Gasteiger partial charge in [-0.1, -0.05) is 48.0 Å². The number of aromatic nitrogens is 3. The number of carbonyl (C=O) groups is 2. The number of imidazole rings is 1. The summed E-state index contributed by atoms with van der Waals surface area (Å²) in [4.78, 5) is 38.3. The lowest BCUT2D eigenvalue weighted by molar-refractivity contribution is 0.0695. The van der Waals surface area contributed by atoms with Crippen LogP contribution in [-0.4, -0.2) is 44.9 Å². The van der Waals surface area contributed by atoms with Crippen LogP contribution in [0, 0.1) is 12.8 Å². The van der Waals surface area contributed by atoms with Crippen molar-refractivity contribution in [2.75, 3.05) is 18.0 Å². The molecular weight excluding hydrogens is 468 g/mol. The van der Waals surface area contributed by atoms with Gasteiger partial charge in [0.1, 0.15) is 11.6 Å². The first kappa shape index (κ1) is 22.9. The summed E-state index contributed by atoms with van der Waals surface area (Å²) in [6, 6.07) is 16.1. The molecule has 0 amide bonds. The van der Waals surface area contributed by atoms with Crippen molar-refractivity contribution in [3.05, 3.63) is 76.3 Å². The Morgan fingerprint density at radius 1 is 1.09 bits per heavy atom. The molecular formula is C26H23ClN4O4. The summed E-state index contributed by atoms with van der Waals surface area (Å²) >= 11 is 6.55. The Balaban J connectivity index is 1.32. The number of carbonyl (C=O) groups excluding carboxylic acids is 1. The Labute approximate surface area is 206 Å². The largest absolute Gasteiger partial charge is 0.478 e. The summed E-state index contributed by atoms with van der Waals surface area (Å²) in [5.74, 6) is 0.0995. The van der Waals surface area contributed by atoms with Crippen LogP contribution in [0.5, 0.6) is 11.8 Å². The number of ketones is 1. The number of nitrogens with one attached hydrogen (secondary N) is 1. The highest BCUT2D eigenvalue weighted by Crippen LogP contribution is 2.32. The summed E-state index contributed by atoms with van der Waals surface area (Å²) in [6.07, 6.45) is 1.44. The highest BCUT2D eigenvalue weighted by Gasteiger charge is 2.27. The lowest BCUT2D eigenvalue weighted by Crippen LogP contribution is -2.37. The van der Waals surface area contributed by atoms with Gasteiger partial charge in [-0.3, -0.25) is 4.79 Å². The number of aryl methyl sites for hydroxylation is 1. The molecule has 4 aromatic rings. The molecule has 2 aromatic carbocycles. The van der Waals surface area contributed by atoms with E-state index >= 15 is 0 Å². The maximum atomic E-state index is 12.8. The van der Waals surface area contributed by atoms with Gasteiger partial charge in [0.15, 0.2) is 11.4 Å². The molecule has 0 aliphatic carbocycles. The summed E-state index contributed by atoms with van der Waals surface area (Å²) in [7, 11) is 0. The normalized spacial score (nSPS) is 14.3. The van der Waals surface area contributed by atoms with E-state index in [1.807, 2.05) is 30.3 Å². The van der Waals surface area contributed by atoms with Crippen molar-refractivity contribution < 1.29 is 19.4 Å². The lowest BCUT2D eigenvalue weighted by atomic mass is 9.89. The fourth-order valence-electron chi connectivity index (χ4n) is 4.35. The number of piperidine rings is 1. The predicted molar refractivity (Wildman–Crippen MR) is 133 cm³/mol. The van der Waals surface area contributed by atoms with E-state index in [4.69, 9.17) is 16.3 Å². The number of Topliss-reactive ketones (excluding diaryl/α,β-unsaturated/α-hetero) is 1. The number of carboxylic acids is 1. The number of nitrogens with zero attached hydrogens (tertiary/aromatic N) is 3. The van der Waals surface area contributed by atoms with Gasteiger partial charge in [0.05, 0.1) is 16.1 Å². The van der Waals surface area contributed by atoms with Gasteiger partial charge in [0.2, 0.25) is 0 Å². The summed E-state index contributed by atoms with van der Waals surface area (Å²) in [5, 5.41) is 9.81. The van der Waals surface area contributed by atoms with Crippen LogP contribution in [0.3, 0.4) is 0 Å². The molecule has 178 valence electrons. The minimum Gasteiger partial charge on any atom is -0.478 e. The molecule has 2 aromatic heterocycles. The van der Waals surface area contributed by atoms with Crippen LogP contribution in [0.2, 0.25) is 5.02 Å². The van der Waals surface area contributed by atoms with E-state index in [9.17, 15) is 14.7 Å². The quantitative estimate of drug-likeness (QED) is 0.343. The SMILES string of the molecule is Cc1ccc(Oc2nc3nc(N4CCC(C(=O)c5ccccc5)CC4)c(Cl)cc3[nH]2)cc1C(=O)O. The average Bonchev–Trinajstić information content (AvgIpc) is 3.25. The number of ether oxygens (including phenoxy) is 1. The first-order valence-corrected chi connectivity index (χ1v) is 11.7. The molecule has 1 fully saturated rings. The van der Waals surface area contributed by atoms with Gasteiger partial charge in [0, 0.05) is 24.6 Å². The third-order valence-corrected chi connectivity index (χ3v) is 6.54. The van der Waals surface area contributed by atoms with Gasteiger partial charge < -0.3 is 19.7 Å². The van der Waals surface area contributed by atoms with Gasteiger partial charge >= 0.3 is 12.0 Å².